The molecule has 1 saturated carbocycles. The van der Waals surface area contributed by atoms with Gasteiger partial charge < -0.3 is 5.73 Å². The molecule has 2 heteroatoms. The van der Waals surface area contributed by atoms with Crippen molar-refractivity contribution in [2.75, 3.05) is 0 Å². The van der Waals surface area contributed by atoms with Crippen LogP contribution >= 0.6 is 12.2 Å². The first-order valence-electron chi connectivity index (χ1n) is 6.17. The van der Waals surface area contributed by atoms with Gasteiger partial charge in [0.15, 0.2) is 0 Å². The summed E-state index contributed by atoms with van der Waals surface area (Å²) in [6.45, 7) is 0. The highest BCUT2D eigenvalue weighted by Crippen LogP contribution is 2.31. The molecule has 0 saturated heterocycles. The quantitative estimate of drug-likeness (QED) is 0.622. The van der Waals surface area contributed by atoms with Gasteiger partial charge in [0.25, 0.3) is 0 Å². The van der Waals surface area contributed by atoms with Gasteiger partial charge in [-0.3, -0.25) is 0 Å². The van der Waals surface area contributed by atoms with E-state index in [1.54, 1.807) is 0 Å². The topological polar surface area (TPSA) is 26.0 Å². The fourth-order valence-electron chi connectivity index (χ4n) is 2.53. The number of hydrogen-bond donors (Lipinski definition) is 1. The number of rotatable bonds is 2. The normalized spacial score (nSPS) is 18.0. The second-order valence-corrected chi connectivity index (χ2v) is 5.11. The van der Waals surface area contributed by atoms with Crippen LogP contribution in [-0.4, -0.2) is 4.99 Å². The van der Waals surface area contributed by atoms with E-state index in [1.165, 1.54) is 44.1 Å². The molecule has 0 unspecified atom stereocenters. The number of benzene rings is 1. The minimum atomic E-state index is 0.493. The van der Waals surface area contributed by atoms with Crippen LogP contribution in [0, 0.1) is 0 Å². The van der Waals surface area contributed by atoms with Crippen molar-refractivity contribution in [1.82, 2.24) is 0 Å². The summed E-state index contributed by atoms with van der Waals surface area (Å²) in [4.78, 5) is 0.493. The van der Waals surface area contributed by atoms with Gasteiger partial charge >= 0.3 is 0 Å². The lowest BCUT2D eigenvalue weighted by Crippen LogP contribution is -2.09. The molecule has 16 heavy (non-hydrogen) atoms. The summed E-state index contributed by atoms with van der Waals surface area (Å²) in [7, 11) is 0. The summed E-state index contributed by atoms with van der Waals surface area (Å²) in [5.41, 5.74) is 8.04. The molecule has 0 spiro atoms. The first-order chi connectivity index (χ1) is 7.77. The Labute approximate surface area is 103 Å². The van der Waals surface area contributed by atoms with Crippen molar-refractivity contribution < 1.29 is 0 Å². The highest BCUT2D eigenvalue weighted by atomic mass is 32.1. The second kappa shape index (κ2) is 5.44. The molecule has 1 fully saturated rings. The van der Waals surface area contributed by atoms with Gasteiger partial charge in [-0.2, -0.15) is 0 Å². The lowest BCUT2D eigenvalue weighted by atomic mass is 9.91. The predicted octanol–water partition coefficient (Wildman–Crippen LogP) is 3.76. The highest BCUT2D eigenvalue weighted by Gasteiger charge is 2.14. The van der Waals surface area contributed by atoms with Gasteiger partial charge in [0.1, 0.15) is 4.99 Å². The molecule has 2 rings (SSSR count). The van der Waals surface area contributed by atoms with Gasteiger partial charge in [0.05, 0.1) is 0 Å². The zero-order valence-corrected chi connectivity index (χ0v) is 10.4. The lowest BCUT2D eigenvalue weighted by Gasteiger charge is -2.14. The molecule has 1 aromatic carbocycles. The van der Waals surface area contributed by atoms with Gasteiger partial charge in [0, 0.05) is 5.56 Å². The summed E-state index contributed by atoms with van der Waals surface area (Å²) < 4.78 is 0. The molecule has 1 nitrogen and oxygen atoms in total. The average Bonchev–Trinajstić information content (AvgIpc) is 2.57. The third-order valence-electron chi connectivity index (χ3n) is 3.52. The van der Waals surface area contributed by atoms with Gasteiger partial charge in [-0.05, 0) is 24.3 Å². The molecule has 0 aliphatic heterocycles. The Morgan fingerprint density at radius 3 is 2.06 bits per heavy atom. The summed E-state index contributed by atoms with van der Waals surface area (Å²) >= 11 is 4.96. The standard InChI is InChI=1S/C14H19NS/c15-14(16)13-9-7-12(8-10-13)11-5-3-1-2-4-6-11/h7-11H,1-6H2,(H2,15,16). The maximum absolute atomic E-state index is 5.60. The number of thiocarbonyl (C=S) groups is 1. The van der Waals surface area contributed by atoms with E-state index in [2.05, 4.69) is 24.3 Å². The fourth-order valence-corrected chi connectivity index (χ4v) is 2.67. The van der Waals surface area contributed by atoms with Crippen LogP contribution in [0.3, 0.4) is 0 Å². The van der Waals surface area contributed by atoms with Crippen LogP contribution in [-0.2, 0) is 0 Å². The summed E-state index contributed by atoms with van der Waals surface area (Å²) in [6, 6.07) is 8.51. The lowest BCUT2D eigenvalue weighted by molar-refractivity contribution is 0.592. The molecule has 0 heterocycles. The molecule has 0 aromatic heterocycles. The number of nitrogens with two attached hydrogens (primary N) is 1. The summed E-state index contributed by atoms with van der Waals surface area (Å²) in [6.07, 6.45) is 8.24. The zero-order valence-electron chi connectivity index (χ0n) is 9.61. The molecular weight excluding hydrogens is 214 g/mol. The summed E-state index contributed by atoms with van der Waals surface area (Å²) in [5, 5.41) is 0. The zero-order chi connectivity index (χ0) is 11.4. The molecule has 0 atom stereocenters. The van der Waals surface area contributed by atoms with Crippen molar-refractivity contribution in [2.45, 2.75) is 44.4 Å². The minimum Gasteiger partial charge on any atom is -0.389 e. The molecule has 1 aliphatic carbocycles. The van der Waals surface area contributed by atoms with E-state index in [4.69, 9.17) is 18.0 Å². The maximum Gasteiger partial charge on any atom is 0.103 e. The van der Waals surface area contributed by atoms with E-state index in [0.717, 1.165) is 11.5 Å². The van der Waals surface area contributed by atoms with E-state index < -0.39 is 0 Å². The van der Waals surface area contributed by atoms with E-state index >= 15 is 0 Å². The average molecular weight is 233 g/mol. The Kier molecular flexibility index (Phi) is 3.94. The van der Waals surface area contributed by atoms with Crippen molar-refractivity contribution in [3.05, 3.63) is 35.4 Å². The maximum atomic E-state index is 5.60. The van der Waals surface area contributed by atoms with Gasteiger partial charge in [-0.15, -0.1) is 0 Å². The van der Waals surface area contributed by atoms with Gasteiger partial charge in [-0.1, -0.05) is 62.2 Å². The van der Waals surface area contributed by atoms with Crippen LogP contribution in [0.4, 0.5) is 0 Å². The SMILES string of the molecule is NC(=S)c1ccc(C2CCCCCC2)cc1. The van der Waals surface area contributed by atoms with E-state index in [9.17, 15) is 0 Å². The van der Waals surface area contributed by atoms with Gasteiger partial charge in [0.2, 0.25) is 0 Å². The molecule has 86 valence electrons. The van der Waals surface area contributed by atoms with Crippen LogP contribution in [0.5, 0.6) is 0 Å². The number of hydrogen-bond acceptors (Lipinski definition) is 1. The Hall–Kier alpha value is -0.890. The van der Waals surface area contributed by atoms with Crippen LogP contribution in [0.1, 0.15) is 55.6 Å². The molecule has 1 aromatic rings. The third kappa shape index (κ3) is 2.82. The van der Waals surface area contributed by atoms with Crippen molar-refractivity contribution >= 4 is 17.2 Å². The molecule has 0 bridgehead atoms. The molecular formula is C14H19NS. The molecule has 0 amide bonds. The first-order valence-corrected chi connectivity index (χ1v) is 6.58. The highest BCUT2D eigenvalue weighted by molar-refractivity contribution is 7.80. The van der Waals surface area contributed by atoms with Crippen molar-refractivity contribution in [3.8, 4) is 0 Å². The van der Waals surface area contributed by atoms with E-state index in [-0.39, 0.29) is 0 Å². The predicted molar refractivity (Wildman–Crippen MR) is 72.8 cm³/mol. The molecule has 1 aliphatic rings. The molecule has 0 radical (unpaired) electrons. The van der Waals surface area contributed by atoms with E-state index in [1.807, 2.05) is 0 Å². The van der Waals surface area contributed by atoms with Crippen LogP contribution in [0.25, 0.3) is 0 Å². The first kappa shape index (κ1) is 11.6. The Bertz CT molecular complexity index is 348. The third-order valence-corrected chi connectivity index (χ3v) is 3.76. The van der Waals surface area contributed by atoms with Crippen molar-refractivity contribution in [1.29, 1.82) is 0 Å². The van der Waals surface area contributed by atoms with Crippen molar-refractivity contribution in [3.63, 3.8) is 0 Å². The minimum absolute atomic E-state index is 0.493. The second-order valence-electron chi connectivity index (χ2n) is 4.67. The smallest absolute Gasteiger partial charge is 0.103 e. The van der Waals surface area contributed by atoms with Crippen LogP contribution in [0.2, 0.25) is 0 Å². The van der Waals surface area contributed by atoms with E-state index in [0.29, 0.717) is 4.99 Å². The van der Waals surface area contributed by atoms with Gasteiger partial charge in [-0.25, -0.2) is 0 Å². The van der Waals surface area contributed by atoms with Crippen LogP contribution < -0.4 is 5.73 Å². The Morgan fingerprint density at radius 1 is 1.00 bits per heavy atom. The Morgan fingerprint density at radius 2 is 1.56 bits per heavy atom. The van der Waals surface area contributed by atoms with Crippen molar-refractivity contribution in [2.24, 2.45) is 5.73 Å². The van der Waals surface area contributed by atoms with Crippen LogP contribution in [0.15, 0.2) is 24.3 Å². The Balaban J connectivity index is 2.10. The monoisotopic (exact) mass is 233 g/mol. The largest absolute Gasteiger partial charge is 0.389 e. The molecule has 2 N–H and O–H groups in total. The fraction of sp³-hybridized carbons (Fsp3) is 0.500. The summed E-state index contributed by atoms with van der Waals surface area (Å²) in [5.74, 6) is 0.753.